The lowest BCUT2D eigenvalue weighted by Gasteiger charge is -2.29. The molecule has 0 aliphatic carbocycles. The molecule has 1 saturated heterocycles. The first-order valence-electron chi connectivity index (χ1n) is 8.67. The van der Waals surface area contributed by atoms with Crippen LogP contribution in [0.3, 0.4) is 0 Å². The Morgan fingerprint density at radius 2 is 1.56 bits per heavy atom. The Bertz CT molecular complexity index is 710. The minimum Gasteiger partial charge on any atom is -0.497 e. The maximum atomic E-state index is 10.7. The maximum Gasteiger partial charge on any atom is 0.269 e. The Morgan fingerprint density at radius 1 is 0.960 bits per heavy atom. The van der Waals surface area contributed by atoms with Crippen LogP contribution >= 0.6 is 0 Å². The van der Waals surface area contributed by atoms with Gasteiger partial charge in [-0.25, -0.2) is 0 Å². The summed E-state index contributed by atoms with van der Waals surface area (Å²) < 4.78 is 5.30. The van der Waals surface area contributed by atoms with E-state index in [1.165, 1.54) is 5.56 Å². The molecule has 1 fully saturated rings. The summed E-state index contributed by atoms with van der Waals surface area (Å²) in [7, 11) is 1.70. The van der Waals surface area contributed by atoms with Gasteiger partial charge in [-0.3, -0.25) is 10.1 Å². The third kappa shape index (κ3) is 4.78. The number of rotatable bonds is 6. The van der Waals surface area contributed by atoms with E-state index in [0.29, 0.717) is 0 Å². The molecule has 25 heavy (non-hydrogen) atoms. The third-order valence-electron chi connectivity index (χ3n) is 4.85. The molecule has 0 amide bonds. The minimum atomic E-state index is -0.350. The molecular weight excluding hydrogens is 318 g/mol. The maximum absolute atomic E-state index is 10.7. The number of non-ortho nitro benzene ring substituents is 1. The van der Waals surface area contributed by atoms with Crippen molar-refractivity contribution in [1.29, 1.82) is 0 Å². The minimum absolute atomic E-state index is 0.159. The van der Waals surface area contributed by atoms with Gasteiger partial charge in [0, 0.05) is 23.3 Å². The van der Waals surface area contributed by atoms with Crippen molar-refractivity contribution in [3.05, 3.63) is 69.8 Å². The van der Waals surface area contributed by atoms with Crippen molar-refractivity contribution in [3.63, 3.8) is 0 Å². The third-order valence-corrected chi connectivity index (χ3v) is 4.85. The van der Waals surface area contributed by atoms with E-state index in [1.54, 1.807) is 29.0 Å². The molecule has 6 heteroatoms. The van der Waals surface area contributed by atoms with Gasteiger partial charge in [-0.1, -0.05) is 12.1 Å². The van der Waals surface area contributed by atoms with Crippen LogP contribution in [0.4, 0.5) is 5.69 Å². The summed E-state index contributed by atoms with van der Waals surface area (Å²) in [4.78, 5) is 13.5. The number of benzene rings is 2. The molecule has 3 rings (SSSR count). The first-order chi connectivity index (χ1) is 12.1. The molecule has 6 nitrogen and oxygen atoms in total. The van der Waals surface area contributed by atoms with Crippen molar-refractivity contribution in [3.8, 4) is 5.75 Å². The Balaban J connectivity index is 1.49. The van der Waals surface area contributed by atoms with Crippen molar-refractivity contribution < 1.29 is 19.5 Å². The van der Waals surface area contributed by atoms with Gasteiger partial charge >= 0.3 is 0 Å². The average molecular weight is 343 g/mol. The summed E-state index contributed by atoms with van der Waals surface area (Å²) in [6.45, 7) is 6.48. The van der Waals surface area contributed by atoms with E-state index in [9.17, 15) is 10.1 Å². The van der Waals surface area contributed by atoms with Gasteiger partial charge in [-0.05, 0) is 24.3 Å². The number of nitro benzene ring substituents is 1. The molecule has 2 N–H and O–H groups in total. The molecule has 0 bridgehead atoms. The molecule has 2 aromatic rings. The molecule has 1 heterocycles. The van der Waals surface area contributed by atoms with Gasteiger partial charge in [-0.2, -0.15) is 0 Å². The fourth-order valence-corrected chi connectivity index (χ4v) is 3.41. The summed E-state index contributed by atoms with van der Waals surface area (Å²) in [5, 5.41) is 10.7. The van der Waals surface area contributed by atoms with Crippen LogP contribution < -0.4 is 14.5 Å². The SMILES string of the molecule is COc1cccc(C[NH+]2CC[NH+](Cc3ccc([N+](=O)[O-])cc3)CC2)c1. The van der Waals surface area contributed by atoms with Gasteiger partial charge < -0.3 is 14.5 Å². The van der Waals surface area contributed by atoms with E-state index < -0.39 is 0 Å². The molecule has 0 atom stereocenters. The number of quaternary nitrogens is 2. The smallest absolute Gasteiger partial charge is 0.269 e. The Kier molecular flexibility index (Phi) is 5.63. The van der Waals surface area contributed by atoms with E-state index in [1.807, 2.05) is 24.3 Å². The number of hydrogen-bond acceptors (Lipinski definition) is 3. The zero-order valence-corrected chi connectivity index (χ0v) is 14.5. The molecular formula is C19H25N3O3+2. The van der Waals surface area contributed by atoms with Crippen molar-refractivity contribution in [1.82, 2.24) is 0 Å². The summed E-state index contributed by atoms with van der Waals surface area (Å²) >= 11 is 0. The highest BCUT2D eigenvalue weighted by molar-refractivity contribution is 5.32. The van der Waals surface area contributed by atoms with Crippen LogP contribution in [0.25, 0.3) is 0 Å². The predicted molar refractivity (Wildman–Crippen MR) is 94.9 cm³/mol. The lowest BCUT2D eigenvalue weighted by molar-refractivity contribution is -1.02. The Labute approximate surface area is 147 Å². The van der Waals surface area contributed by atoms with Gasteiger partial charge in [0.2, 0.25) is 0 Å². The van der Waals surface area contributed by atoms with Crippen LogP contribution in [0.15, 0.2) is 48.5 Å². The quantitative estimate of drug-likeness (QED) is 0.577. The summed E-state index contributed by atoms with van der Waals surface area (Å²) in [5.74, 6) is 0.916. The molecule has 0 saturated carbocycles. The van der Waals surface area contributed by atoms with E-state index in [-0.39, 0.29) is 10.6 Å². The molecule has 132 valence electrons. The van der Waals surface area contributed by atoms with Crippen LogP contribution in [0.5, 0.6) is 5.75 Å². The highest BCUT2D eigenvalue weighted by Gasteiger charge is 2.23. The first kappa shape index (κ1) is 17.4. The van der Waals surface area contributed by atoms with Crippen molar-refractivity contribution >= 4 is 5.69 Å². The number of hydrogen-bond donors (Lipinski definition) is 2. The molecule has 2 aromatic carbocycles. The monoisotopic (exact) mass is 343 g/mol. The predicted octanol–water partition coefficient (Wildman–Crippen LogP) is 0.0870. The second-order valence-corrected chi connectivity index (χ2v) is 6.63. The van der Waals surface area contributed by atoms with Crippen LogP contribution in [0.1, 0.15) is 11.1 Å². The lowest BCUT2D eigenvalue weighted by Crippen LogP contribution is -3.27. The summed E-state index contributed by atoms with van der Waals surface area (Å²) in [6, 6.07) is 15.2. The second kappa shape index (κ2) is 8.09. The largest absolute Gasteiger partial charge is 0.497 e. The average Bonchev–Trinajstić information content (AvgIpc) is 2.64. The lowest BCUT2D eigenvalue weighted by atomic mass is 10.1. The van der Waals surface area contributed by atoms with E-state index in [2.05, 4.69) is 12.1 Å². The van der Waals surface area contributed by atoms with Gasteiger partial charge in [0.1, 0.15) is 45.0 Å². The van der Waals surface area contributed by atoms with Gasteiger partial charge in [0.15, 0.2) is 0 Å². The fourth-order valence-electron chi connectivity index (χ4n) is 3.41. The van der Waals surface area contributed by atoms with Crippen molar-refractivity contribution in [2.45, 2.75) is 13.1 Å². The van der Waals surface area contributed by atoms with Crippen molar-refractivity contribution in [2.75, 3.05) is 33.3 Å². The topological polar surface area (TPSA) is 61.2 Å². The number of ether oxygens (including phenoxy) is 1. The fraction of sp³-hybridized carbons (Fsp3) is 0.368. The zero-order valence-electron chi connectivity index (χ0n) is 14.5. The normalized spacial score (nSPS) is 20.2. The molecule has 0 unspecified atom stereocenters. The first-order valence-corrected chi connectivity index (χ1v) is 8.67. The number of nitro groups is 1. The van der Waals surface area contributed by atoms with Crippen LogP contribution in [0.2, 0.25) is 0 Å². The summed E-state index contributed by atoms with van der Waals surface area (Å²) in [6.07, 6.45) is 0. The van der Waals surface area contributed by atoms with Gasteiger partial charge in [0.05, 0.1) is 12.0 Å². The van der Waals surface area contributed by atoms with E-state index in [4.69, 9.17) is 4.74 Å². The molecule has 0 spiro atoms. The highest BCUT2D eigenvalue weighted by Crippen LogP contribution is 2.12. The van der Waals surface area contributed by atoms with E-state index >= 15 is 0 Å². The standard InChI is InChI=1S/C19H23N3O3/c1-25-19-4-2-3-17(13-19)15-21-11-9-20(10-12-21)14-16-5-7-18(8-6-16)22(23)24/h2-8,13H,9-12,14-15H2,1H3/p+2. The van der Waals surface area contributed by atoms with Crippen molar-refractivity contribution in [2.24, 2.45) is 0 Å². The molecule has 0 aromatic heterocycles. The molecule has 0 radical (unpaired) electrons. The van der Waals surface area contributed by atoms with Crippen LogP contribution in [-0.4, -0.2) is 38.2 Å². The van der Waals surface area contributed by atoms with Gasteiger partial charge in [-0.15, -0.1) is 0 Å². The van der Waals surface area contributed by atoms with Gasteiger partial charge in [0.25, 0.3) is 5.69 Å². The summed E-state index contributed by atoms with van der Waals surface area (Å²) in [5.41, 5.74) is 2.64. The Hall–Kier alpha value is -2.44. The number of nitrogens with one attached hydrogen (secondary N) is 2. The van der Waals surface area contributed by atoms with Crippen LogP contribution in [-0.2, 0) is 13.1 Å². The Morgan fingerprint density at radius 3 is 2.12 bits per heavy atom. The number of methoxy groups -OCH3 is 1. The van der Waals surface area contributed by atoms with Crippen LogP contribution in [0, 0.1) is 10.1 Å². The number of piperazine rings is 1. The molecule has 1 aliphatic heterocycles. The van der Waals surface area contributed by atoms with E-state index in [0.717, 1.165) is 50.6 Å². The number of nitrogens with zero attached hydrogens (tertiary/aromatic N) is 1. The second-order valence-electron chi connectivity index (χ2n) is 6.63. The molecule has 1 aliphatic rings. The zero-order chi connectivity index (χ0) is 17.6. The highest BCUT2D eigenvalue weighted by atomic mass is 16.6.